The van der Waals surface area contributed by atoms with Crippen LogP contribution in [0.2, 0.25) is 5.02 Å². The van der Waals surface area contributed by atoms with Gasteiger partial charge in [-0.2, -0.15) is 0 Å². The molecule has 96 valence electrons. The summed E-state index contributed by atoms with van der Waals surface area (Å²) < 4.78 is 43.1. The van der Waals surface area contributed by atoms with Gasteiger partial charge in [-0.1, -0.05) is 22.8 Å². The standard InChI is InChI=1S/C10H8ClFN2O3S/c11-8-5-7(1-2-9(8)12)6-18(15,16)14-10-3-4-17-13-10/h1-5H,6H2,(H,13,14). The molecule has 5 nitrogen and oxygen atoms in total. The Labute approximate surface area is 108 Å². The summed E-state index contributed by atoms with van der Waals surface area (Å²) >= 11 is 5.57. The predicted octanol–water partition coefficient (Wildman–Crippen LogP) is 2.41. The average Bonchev–Trinajstić information content (AvgIpc) is 2.75. The van der Waals surface area contributed by atoms with Crippen molar-refractivity contribution in [2.45, 2.75) is 5.75 Å². The SMILES string of the molecule is O=S(=O)(Cc1ccc(F)c(Cl)c1)Nc1ccon1. The van der Waals surface area contributed by atoms with Crippen molar-refractivity contribution >= 4 is 27.4 Å². The fourth-order valence-corrected chi connectivity index (χ4v) is 2.63. The Morgan fingerprint density at radius 2 is 2.17 bits per heavy atom. The minimum atomic E-state index is -3.64. The minimum absolute atomic E-state index is 0.0863. The number of nitrogens with one attached hydrogen (secondary N) is 1. The number of nitrogens with zero attached hydrogens (tertiary/aromatic N) is 1. The first-order valence-electron chi connectivity index (χ1n) is 4.81. The summed E-state index contributed by atoms with van der Waals surface area (Å²) in [6, 6.07) is 5.10. The Bertz CT molecular complexity index is 643. The summed E-state index contributed by atoms with van der Waals surface area (Å²) in [7, 11) is -3.64. The molecule has 0 aliphatic rings. The van der Waals surface area contributed by atoms with E-state index in [1.54, 1.807) is 0 Å². The topological polar surface area (TPSA) is 72.2 Å². The second-order valence-electron chi connectivity index (χ2n) is 3.49. The fraction of sp³-hybridized carbons (Fsp3) is 0.100. The number of aromatic nitrogens is 1. The van der Waals surface area contributed by atoms with Crippen molar-refractivity contribution in [3.05, 3.63) is 46.9 Å². The maximum Gasteiger partial charge on any atom is 0.238 e. The molecule has 0 aliphatic heterocycles. The van der Waals surface area contributed by atoms with Crippen LogP contribution in [0.15, 0.2) is 35.1 Å². The fourth-order valence-electron chi connectivity index (χ4n) is 1.31. The Balaban J connectivity index is 2.14. The van der Waals surface area contributed by atoms with Crippen LogP contribution < -0.4 is 4.72 Å². The summed E-state index contributed by atoms with van der Waals surface area (Å²) in [5.74, 6) is -0.842. The van der Waals surface area contributed by atoms with Crippen molar-refractivity contribution in [2.75, 3.05) is 4.72 Å². The second kappa shape index (κ2) is 4.95. The molecule has 0 bridgehead atoms. The van der Waals surface area contributed by atoms with Crippen LogP contribution >= 0.6 is 11.6 Å². The van der Waals surface area contributed by atoms with Gasteiger partial charge in [0.05, 0.1) is 10.8 Å². The van der Waals surface area contributed by atoms with Crippen molar-refractivity contribution in [1.82, 2.24) is 5.16 Å². The number of hydrogen-bond donors (Lipinski definition) is 1. The molecule has 18 heavy (non-hydrogen) atoms. The Morgan fingerprint density at radius 1 is 1.39 bits per heavy atom. The van der Waals surface area contributed by atoms with E-state index in [1.807, 2.05) is 0 Å². The first-order chi connectivity index (χ1) is 8.46. The van der Waals surface area contributed by atoms with Gasteiger partial charge in [0.15, 0.2) is 5.82 Å². The van der Waals surface area contributed by atoms with E-state index in [0.717, 1.165) is 6.07 Å². The minimum Gasteiger partial charge on any atom is -0.363 e. The lowest BCUT2D eigenvalue weighted by atomic mass is 10.2. The number of anilines is 1. The highest BCUT2D eigenvalue weighted by Crippen LogP contribution is 2.18. The summed E-state index contributed by atoms with van der Waals surface area (Å²) in [6.45, 7) is 0. The Morgan fingerprint density at radius 3 is 2.78 bits per heavy atom. The number of hydrogen-bond acceptors (Lipinski definition) is 4. The molecule has 1 aromatic heterocycles. The maximum atomic E-state index is 12.9. The van der Waals surface area contributed by atoms with E-state index in [0.29, 0.717) is 5.56 Å². The lowest BCUT2D eigenvalue weighted by Gasteiger charge is -2.05. The zero-order valence-electron chi connectivity index (χ0n) is 8.93. The predicted molar refractivity (Wildman–Crippen MR) is 64.2 cm³/mol. The van der Waals surface area contributed by atoms with Gasteiger partial charge in [-0.15, -0.1) is 0 Å². The molecule has 2 aromatic rings. The molecule has 0 amide bonds. The van der Waals surface area contributed by atoms with Gasteiger partial charge in [-0.25, -0.2) is 12.8 Å². The van der Waals surface area contributed by atoms with Gasteiger partial charge in [0.1, 0.15) is 12.1 Å². The summed E-state index contributed by atoms with van der Waals surface area (Å²) in [4.78, 5) is 0. The number of halogens is 2. The van der Waals surface area contributed by atoms with Crippen molar-refractivity contribution in [3.8, 4) is 0 Å². The van der Waals surface area contributed by atoms with Gasteiger partial charge >= 0.3 is 0 Å². The van der Waals surface area contributed by atoms with Crippen molar-refractivity contribution in [2.24, 2.45) is 0 Å². The molecule has 1 N–H and O–H groups in total. The molecule has 1 heterocycles. The molecule has 0 spiro atoms. The largest absolute Gasteiger partial charge is 0.363 e. The summed E-state index contributed by atoms with van der Waals surface area (Å²) in [5.41, 5.74) is 0.373. The Kier molecular flexibility index (Phi) is 3.53. The lowest BCUT2D eigenvalue weighted by molar-refractivity contribution is 0.423. The van der Waals surface area contributed by atoms with Gasteiger partial charge < -0.3 is 4.52 Å². The number of rotatable bonds is 4. The van der Waals surface area contributed by atoms with E-state index in [-0.39, 0.29) is 16.6 Å². The van der Waals surface area contributed by atoms with Gasteiger partial charge in [-0.05, 0) is 17.7 Å². The molecule has 0 aliphatic carbocycles. The van der Waals surface area contributed by atoms with Crippen LogP contribution in [0, 0.1) is 5.82 Å². The van der Waals surface area contributed by atoms with E-state index in [1.165, 1.54) is 24.5 Å². The molecule has 0 radical (unpaired) electrons. The molecule has 0 saturated heterocycles. The van der Waals surface area contributed by atoms with E-state index < -0.39 is 15.8 Å². The smallest absolute Gasteiger partial charge is 0.238 e. The second-order valence-corrected chi connectivity index (χ2v) is 5.62. The van der Waals surface area contributed by atoms with Crippen molar-refractivity contribution in [3.63, 3.8) is 0 Å². The summed E-state index contributed by atoms with van der Waals surface area (Å²) in [6.07, 6.45) is 1.24. The van der Waals surface area contributed by atoms with Crippen molar-refractivity contribution in [1.29, 1.82) is 0 Å². The number of benzene rings is 1. The van der Waals surface area contributed by atoms with E-state index >= 15 is 0 Å². The van der Waals surface area contributed by atoms with E-state index in [2.05, 4.69) is 14.4 Å². The van der Waals surface area contributed by atoms with Crippen LogP contribution in [0.4, 0.5) is 10.2 Å². The highest BCUT2D eigenvalue weighted by atomic mass is 35.5. The van der Waals surface area contributed by atoms with Gasteiger partial charge in [0.25, 0.3) is 0 Å². The third kappa shape index (κ3) is 3.21. The van der Waals surface area contributed by atoms with Crippen LogP contribution in [0.25, 0.3) is 0 Å². The monoisotopic (exact) mass is 290 g/mol. The van der Waals surface area contributed by atoms with Crippen molar-refractivity contribution < 1.29 is 17.3 Å². The quantitative estimate of drug-likeness (QED) is 0.938. The molecule has 0 unspecified atom stereocenters. The third-order valence-electron chi connectivity index (χ3n) is 2.04. The molecule has 0 atom stereocenters. The highest BCUT2D eigenvalue weighted by molar-refractivity contribution is 7.91. The molecule has 2 rings (SSSR count). The van der Waals surface area contributed by atoms with E-state index in [4.69, 9.17) is 11.6 Å². The normalized spacial score (nSPS) is 11.4. The maximum absolute atomic E-state index is 12.9. The summed E-state index contributed by atoms with van der Waals surface area (Å²) in [5, 5.41) is 3.30. The zero-order valence-corrected chi connectivity index (χ0v) is 10.5. The third-order valence-corrected chi connectivity index (χ3v) is 3.56. The molecular weight excluding hydrogens is 283 g/mol. The average molecular weight is 291 g/mol. The lowest BCUT2D eigenvalue weighted by Crippen LogP contribution is -2.15. The molecule has 0 saturated carbocycles. The molecule has 1 aromatic carbocycles. The van der Waals surface area contributed by atoms with Gasteiger partial charge in [-0.3, -0.25) is 4.72 Å². The van der Waals surface area contributed by atoms with Crippen LogP contribution in [0.5, 0.6) is 0 Å². The first kappa shape index (κ1) is 12.8. The van der Waals surface area contributed by atoms with Gasteiger partial charge in [0.2, 0.25) is 10.0 Å². The van der Waals surface area contributed by atoms with Crippen LogP contribution in [0.3, 0.4) is 0 Å². The van der Waals surface area contributed by atoms with Gasteiger partial charge in [0, 0.05) is 6.07 Å². The van der Waals surface area contributed by atoms with E-state index in [9.17, 15) is 12.8 Å². The Hall–Kier alpha value is -1.60. The first-order valence-corrected chi connectivity index (χ1v) is 6.84. The van der Waals surface area contributed by atoms with Crippen LogP contribution in [-0.2, 0) is 15.8 Å². The molecular formula is C10H8ClFN2O3S. The number of sulfonamides is 1. The molecule has 8 heteroatoms. The zero-order chi connectivity index (χ0) is 13.2. The van der Waals surface area contributed by atoms with Crippen LogP contribution in [-0.4, -0.2) is 13.6 Å². The van der Waals surface area contributed by atoms with Crippen LogP contribution in [0.1, 0.15) is 5.56 Å². The highest BCUT2D eigenvalue weighted by Gasteiger charge is 2.14. The molecule has 0 fully saturated rings.